The van der Waals surface area contributed by atoms with E-state index in [0.717, 1.165) is 16.8 Å². The number of ether oxygens (including phenoxy) is 2. The summed E-state index contributed by atoms with van der Waals surface area (Å²) in [5.41, 5.74) is 2.97. The van der Waals surface area contributed by atoms with Crippen LogP contribution in [0.5, 0.6) is 11.5 Å². The lowest BCUT2D eigenvalue weighted by Gasteiger charge is -2.19. The Hall–Kier alpha value is -3.90. The largest absolute Gasteiger partial charge is 0.493 e. The van der Waals surface area contributed by atoms with Crippen molar-refractivity contribution in [3.63, 3.8) is 0 Å². The molecule has 1 aromatic heterocycles. The minimum absolute atomic E-state index is 0.368. The molecule has 4 aromatic rings. The van der Waals surface area contributed by atoms with Crippen LogP contribution in [0.4, 0.5) is 5.69 Å². The van der Waals surface area contributed by atoms with Gasteiger partial charge >= 0.3 is 5.97 Å². The number of hydrogen-bond acceptors (Lipinski definition) is 6. The smallest absolute Gasteiger partial charge is 0.353 e. The first-order valence-electron chi connectivity index (χ1n) is 10.1. The van der Waals surface area contributed by atoms with E-state index >= 15 is 0 Å². The molecule has 160 valence electrons. The van der Waals surface area contributed by atoms with Crippen LogP contribution < -0.4 is 14.5 Å². The van der Waals surface area contributed by atoms with Crippen molar-refractivity contribution >= 4 is 29.2 Å². The highest BCUT2D eigenvalue weighted by Crippen LogP contribution is 2.29. The Bertz CT molecular complexity index is 1180. The van der Waals surface area contributed by atoms with Gasteiger partial charge in [0.25, 0.3) is 0 Å². The number of nitrogens with zero attached hydrogens (tertiary/aromatic N) is 2. The maximum Gasteiger partial charge on any atom is 0.353 e. The van der Waals surface area contributed by atoms with E-state index in [-0.39, 0.29) is 0 Å². The second-order valence-electron chi connectivity index (χ2n) is 6.90. The van der Waals surface area contributed by atoms with Gasteiger partial charge in [-0.05, 0) is 52.9 Å². The normalized spacial score (nSPS) is 10.8. The van der Waals surface area contributed by atoms with E-state index in [4.69, 9.17) is 14.6 Å². The van der Waals surface area contributed by atoms with Gasteiger partial charge in [-0.3, -0.25) is 5.01 Å². The number of carbonyl (C=O) groups excluding carboxylic acids is 1. The Balaban J connectivity index is 1.55. The summed E-state index contributed by atoms with van der Waals surface area (Å²) >= 11 is 1.33. The molecule has 0 aliphatic heterocycles. The molecule has 0 N–H and O–H groups in total. The zero-order chi connectivity index (χ0) is 22.2. The Morgan fingerprint density at radius 2 is 1.69 bits per heavy atom. The molecule has 0 fully saturated rings. The lowest BCUT2D eigenvalue weighted by molar-refractivity contribution is 0.0735. The second kappa shape index (κ2) is 10.4. The molecule has 0 amide bonds. The molecule has 0 aliphatic rings. The van der Waals surface area contributed by atoms with Gasteiger partial charge in [0.1, 0.15) is 4.88 Å². The summed E-state index contributed by atoms with van der Waals surface area (Å²) in [6.07, 6.45) is 1.77. The zero-order valence-corrected chi connectivity index (χ0v) is 18.4. The highest BCUT2D eigenvalue weighted by atomic mass is 32.1. The molecular formula is C26H22N2O3S. The van der Waals surface area contributed by atoms with Gasteiger partial charge in [0, 0.05) is 0 Å². The zero-order valence-electron chi connectivity index (χ0n) is 17.5. The van der Waals surface area contributed by atoms with Crippen LogP contribution in [0.25, 0.3) is 0 Å². The van der Waals surface area contributed by atoms with Crippen LogP contribution in [0.15, 0.2) is 101 Å². The summed E-state index contributed by atoms with van der Waals surface area (Å²) in [7, 11) is 1.55. The molecule has 0 aliphatic carbocycles. The number of esters is 1. The molecule has 4 rings (SSSR count). The molecule has 0 spiro atoms. The Kier molecular flexibility index (Phi) is 6.94. The monoisotopic (exact) mass is 442 g/mol. The molecule has 3 aromatic carbocycles. The van der Waals surface area contributed by atoms with E-state index in [1.165, 1.54) is 11.3 Å². The van der Waals surface area contributed by atoms with Gasteiger partial charge in [-0.25, -0.2) is 4.79 Å². The summed E-state index contributed by atoms with van der Waals surface area (Å²) in [6, 6.07) is 29.1. The quantitative estimate of drug-likeness (QED) is 0.145. The molecule has 5 nitrogen and oxygen atoms in total. The molecule has 32 heavy (non-hydrogen) atoms. The number of hydrogen-bond donors (Lipinski definition) is 0. The number of benzene rings is 3. The number of para-hydroxylation sites is 1. The van der Waals surface area contributed by atoms with Gasteiger partial charge in [-0.2, -0.15) is 5.10 Å². The lowest BCUT2D eigenvalue weighted by Crippen LogP contribution is -2.16. The molecule has 0 unspecified atom stereocenters. The summed E-state index contributed by atoms with van der Waals surface area (Å²) in [5.74, 6) is 0.429. The van der Waals surface area contributed by atoms with Crippen LogP contribution in [0.3, 0.4) is 0 Å². The third-order valence-corrected chi connectivity index (χ3v) is 5.54. The first kappa shape index (κ1) is 21.3. The number of anilines is 1. The van der Waals surface area contributed by atoms with Crippen molar-refractivity contribution in [1.29, 1.82) is 0 Å². The highest BCUT2D eigenvalue weighted by Gasteiger charge is 2.13. The van der Waals surface area contributed by atoms with Gasteiger partial charge in [0.05, 0.1) is 25.6 Å². The fourth-order valence-corrected chi connectivity index (χ4v) is 3.68. The summed E-state index contributed by atoms with van der Waals surface area (Å²) < 4.78 is 10.9. The van der Waals surface area contributed by atoms with Gasteiger partial charge in [0.15, 0.2) is 11.5 Å². The average Bonchev–Trinajstić information content (AvgIpc) is 3.39. The number of rotatable bonds is 8. The molecule has 6 heteroatoms. The number of thiophene rings is 1. The molecule has 0 radical (unpaired) electrons. The van der Waals surface area contributed by atoms with Crippen LogP contribution in [0.2, 0.25) is 0 Å². The number of methoxy groups -OCH3 is 1. The van der Waals surface area contributed by atoms with E-state index in [2.05, 4.69) is 12.1 Å². The van der Waals surface area contributed by atoms with Crippen molar-refractivity contribution in [2.24, 2.45) is 5.10 Å². The van der Waals surface area contributed by atoms with Crippen LogP contribution >= 0.6 is 11.3 Å². The van der Waals surface area contributed by atoms with Crippen LogP contribution in [0, 0.1) is 0 Å². The summed E-state index contributed by atoms with van der Waals surface area (Å²) in [6.45, 7) is 0.634. The average molecular weight is 443 g/mol. The van der Waals surface area contributed by atoms with Gasteiger partial charge < -0.3 is 9.47 Å². The van der Waals surface area contributed by atoms with Crippen molar-refractivity contribution in [1.82, 2.24) is 0 Å². The van der Waals surface area contributed by atoms with Crippen molar-refractivity contribution in [2.45, 2.75) is 6.54 Å². The van der Waals surface area contributed by atoms with Crippen LogP contribution in [0.1, 0.15) is 20.8 Å². The van der Waals surface area contributed by atoms with E-state index in [1.807, 2.05) is 71.1 Å². The molecular weight excluding hydrogens is 420 g/mol. The first-order chi connectivity index (χ1) is 15.7. The fourth-order valence-electron chi connectivity index (χ4n) is 3.09. The first-order valence-corrected chi connectivity index (χ1v) is 10.9. The van der Waals surface area contributed by atoms with E-state index in [0.29, 0.717) is 22.9 Å². The standard InChI is InChI=1S/C26H22N2O3S/c1-30-24-17-21(14-15-23(24)31-26(29)25-13-8-16-32-25)18-27-28(22-11-6-3-7-12-22)19-20-9-4-2-5-10-20/h2-18H,19H2,1H3. The maximum atomic E-state index is 12.3. The highest BCUT2D eigenvalue weighted by molar-refractivity contribution is 7.12. The number of hydrazone groups is 1. The van der Waals surface area contributed by atoms with E-state index < -0.39 is 5.97 Å². The van der Waals surface area contributed by atoms with Crippen molar-refractivity contribution in [3.05, 3.63) is 112 Å². The Morgan fingerprint density at radius 1 is 0.938 bits per heavy atom. The predicted octanol–water partition coefficient (Wildman–Crippen LogP) is 6.02. The van der Waals surface area contributed by atoms with Crippen molar-refractivity contribution < 1.29 is 14.3 Å². The molecule has 0 atom stereocenters. The number of carbonyl (C=O) groups is 1. The lowest BCUT2D eigenvalue weighted by atomic mass is 10.2. The fraction of sp³-hybridized carbons (Fsp3) is 0.0769. The van der Waals surface area contributed by atoms with Crippen LogP contribution in [-0.4, -0.2) is 19.3 Å². The molecule has 0 bridgehead atoms. The van der Waals surface area contributed by atoms with Gasteiger partial charge in [-0.1, -0.05) is 54.6 Å². The van der Waals surface area contributed by atoms with Crippen molar-refractivity contribution in [3.8, 4) is 11.5 Å². The molecule has 0 saturated carbocycles. The maximum absolute atomic E-state index is 12.3. The Morgan fingerprint density at radius 3 is 2.38 bits per heavy atom. The third kappa shape index (κ3) is 5.42. The topological polar surface area (TPSA) is 51.1 Å². The van der Waals surface area contributed by atoms with Gasteiger partial charge in [-0.15, -0.1) is 11.3 Å². The minimum Gasteiger partial charge on any atom is -0.493 e. The summed E-state index contributed by atoms with van der Waals surface area (Å²) in [5, 5.41) is 8.48. The molecule has 0 saturated heterocycles. The Labute approximate surface area is 191 Å². The summed E-state index contributed by atoms with van der Waals surface area (Å²) in [4.78, 5) is 12.8. The third-order valence-electron chi connectivity index (χ3n) is 4.69. The van der Waals surface area contributed by atoms with E-state index in [1.54, 1.807) is 31.5 Å². The van der Waals surface area contributed by atoms with Gasteiger partial charge in [0.2, 0.25) is 0 Å². The van der Waals surface area contributed by atoms with Crippen molar-refractivity contribution in [2.75, 3.05) is 12.1 Å². The SMILES string of the molecule is COc1cc(C=NN(Cc2ccccc2)c2ccccc2)ccc1OC(=O)c1cccs1. The minimum atomic E-state index is -0.405. The predicted molar refractivity (Wildman–Crippen MR) is 129 cm³/mol. The second-order valence-corrected chi connectivity index (χ2v) is 7.85. The van der Waals surface area contributed by atoms with E-state index in [9.17, 15) is 4.79 Å². The van der Waals surface area contributed by atoms with Crippen LogP contribution in [-0.2, 0) is 6.54 Å². The molecule has 1 heterocycles.